The molecule has 0 saturated carbocycles. The number of nitrogens with zero attached hydrogens (tertiary/aromatic N) is 3. The van der Waals surface area contributed by atoms with Crippen molar-refractivity contribution in [1.82, 2.24) is 4.90 Å². The quantitative estimate of drug-likeness (QED) is 0.271. The molecule has 0 aromatic heterocycles. The molecule has 0 spiro atoms. The van der Waals surface area contributed by atoms with Crippen LogP contribution in [0.4, 0.5) is 29.3 Å². The maximum absolute atomic E-state index is 13.6. The number of nitro benzene ring substituents is 1. The average Bonchev–Trinajstić information content (AvgIpc) is 2.95. The first-order valence-electron chi connectivity index (χ1n) is 12.6. The number of non-ortho nitro benzene ring substituents is 1. The van der Waals surface area contributed by atoms with Gasteiger partial charge in [-0.05, 0) is 46.7 Å². The third-order valence-electron chi connectivity index (χ3n) is 7.10. The van der Waals surface area contributed by atoms with Crippen LogP contribution in [0, 0.1) is 10.1 Å². The normalized spacial score (nSPS) is 15.4. The van der Waals surface area contributed by atoms with Crippen LogP contribution in [0.2, 0.25) is 0 Å². The maximum Gasteiger partial charge on any atom is 0.418 e. The predicted octanol–water partition coefficient (Wildman–Crippen LogP) is 6.60. The molecule has 0 unspecified atom stereocenters. The van der Waals surface area contributed by atoms with Gasteiger partial charge in [-0.2, -0.15) is 13.2 Å². The molecule has 0 fully saturated rings. The Bertz CT molecular complexity index is 1420. The fraction of sp³-hybridized carbons (Fsp3) is 0.276. The van der Waals surface area contributed by atoms with Gasteiger partial charge in [0, 0.05) is 44.0 Å². The molecule has 3 aromatic carbocycles. The molecule has 3 aromatic rings. The summed E-state index contributed by atoms with van der Waals surface area (Å²) in [6.45, 7) is 1.82. The molecule has 0 atom stereocenters. The molecule has 2 heterocycles. The second kappa shape index (κ2) is 10.8. The van der Waals surface area contributed by atoms with E-state index < -0.39 is 22.4 Å². The van der Waals surface area contributed by atoms with Crippen LogP contribution >= 0.6 is 0 Å². The zero-order valence-electron chi connectivity index (χ0n) is 21.0. The van der Waals surface area contributed by atoms with Crippen molar-refractivity contribution in [2.75, 3.05) is 24.5 Å². The highest BCUT2D eigenvalue weighted by atomic mass is 19.4. The monoisotopic (exact) mass is 537 g/mol. The van der Waals surface area contributed by atoms with Crippen molar-refractivity contribution in [3.8, 4) is 0 Å². The maximum atomic E-state index is 13.6. The van der Waals surface area contributed by atoms with Crippen molar-refractivity contribution in [3.05, 3.63) is 111 Å². The number of hydrogen-bond donors (Lipinski definition) is 0. The molecule has 39 heavy (non-hydrogen) atoms. The number of amides is 1. The molecule has 0 saturated heterocycles. The zero-order valence-corrected chi connectivity index (χ0v) is 21.0. The van der Waals surface area contributed by atoms with Gasteiger partial charge < -0.3 is 14.5 Å². The van der Waals surface area contributed by atoms with E-state index in [0.29, 0.717) is 38.5 Å². The molecule has 7 nitrogen and oxygen atoms in total. The summed E-state index contributed by atoms with van der Waals surface area (Å²) in [5, 5.41) is 11.0. The Kier molecular flexibility index (Phi) is 7.28. The number of ether oxygens (including phenoxy) is 1. The van der Waals surface area contributed by atoms with Gasteiger partial charge in [0.05, 0.1) is 10.5 Å². The first-order valence-corrected chi connectivity index (χ1v) is 12.6. The summed E-state index contributed by atoms with van der Waals surface area (Å²) in [5.41, 5.74) is 3.50. The molecule has 0 N–H and O–H groups in total. The summed E-state index contributed by atoms with van der Waals surface area (Å²) in [6.07, 6.45) is -1.94. The number of hydrogen-bond acceptors (Lipinski definition) is 5. The van der Waals surface area contributed by atoms with Crippen molar-refractivity contribution in [3.63, 3.8) is 0 Å². The number of halogens is 3. The number of fused-ring (bicyclic) bond motifs is 1. The minimum atomic E-state index is -4.70. The van der Waals surface area contributed by atoms with Gasteiger partial charge in [0.1, 0.15) is 6.61 Å². The number of rotatable bonds is 5. The second-order valence-corrected chi connectivity index (χ2v) is 9.58. The van der Waals surface area contributed by atoms with E-state index in [1.165, 1.54) is 6.07 Å². The van der Waals surface area contributed by atoms with Crippen LogP contribution in [0.1, 0.15) is 34.2 Å². The van der Waals surface area contributed by atoms with Gasteiger partial charge in [-0.15, -0.1) is 0 Å². The number of carbonyl (C=O) groups excluding carboxylic acids is 1. The third-order valence-corrected chi connectivity index (χ3v) is 7.10. The third kappa shape index (κ3) is 5.89. The van der Waals surface area contributed by atoms with E-state index in [1.54, 1.807) is 9.80 Å². The number of carbonyl (C=O) groups is 1. The second-order valence-electron chi connectivity index (χ2n) is 9.58. The summed E-state index contributed by atoms with van der Waals surface area (Å²) in [7, 11) is 0. The molecule has 0 radical (unpaired) electrons. The average molecular weight is 538 g/mol. The first-order chi connectivity index (χ1) is 18.7. The van der Waals surface area contributed by atoms with Crippen LogP contribution in [-0.4, -0.2) is 35.6 Å². The van der Waals surface area contributed by atoms with Crippen LogP contribution < -0.4 is 4.90 Å². The lowest BCUT2D eigenvalue weighted by Gasteiger charge is -2.31. The summed E-state index contributed by atoms with van der Waals surface area (Å²) in [6, 6.07) is 18.4. The molecule has 0 aliphatic carbocycles. The highest BCUT2D eigenvalue weighted by Crippen LogP contribution is 2.40. The van der Waals surface area contributed by atoms with Gasteiger partial charge >= 0.3 is 12.3 Å². The van der Waals surface area contributed by atoms with Crippen LogP contribution in [0.25, 0.3) is 5.57 Å². The summed E-state index contributed by atoms with van der Waals surface area (Å²) in [4.78, 5) is 26.0. The Morgan fingerprint density at radius 1 is 0.974 bits per heavy atom. The molecule has 2 aliphatic rings. The smallest absolute Gasteiger partial charge is 0.418 e. The van der Waals surface area contributed by atoms with Gasteiger partial charge in [-0.1, -0.05) is 54.6 Å². The Morgan fingerprint density at radius 2 is 1.77 bits per heavy atom. The first kappa shape index (κ1) is 26.3. The summed E-state index contributed by atoms with van der Waals surface area (Å²) in [5.74, 6) is 0. The van der Waals surface area contributed by atoms with Crippen LogP contribution in [0.3, 0.4) is 0 Å². The van der Waals surface area contributed by atoms with Gasteiger partial charge in [0.25, 0.3) is 5.69 Å². The van der Waals surface area contributed by atoms with Crippen molar-refractivity contribution in [1.29, 1.82) is 0 Å². The standard InChI is InChI=1S/C29H26F3N3O4/c30-29(31,32)26-17-25(35(37)38)8-9-27(26)33-13-10-21(11-14-33)22-6-7-24-18-34(15-12-23(24)16-22)28(36)39-19-20-4-2-1-3-5-20/h1-10,16-17H,11-15,18-19H2. The molecule has 0 bridgehead atoms. The number of anilines is 1. The highest BCUT2D eigenvalue weighted by Gasteiger charge is 2.37. The largest absolute Gasteiger partial charge is 0.445 e. The van der Waals surface area contributed by atoms with E-state index in [4.69, 9.17) is 4.74 Å². The zero-order chi connectivity index (χ0) is 27.6. The fourth-order valence-corrected chi connectivity index (χ4v) is 5.01. The molecule has 1 amide bonds. The molecular formula is C29H26F3N3O4. The van der Waals surface area contributed by atoms with Crippen molar-refractivity contribution in [2.24, 2.45) is 0 Å². The molecule has 2 aliphatic heterocycles. The van der Waals surface area contributed by atoms with E-state index in [1.807, 2.05) is 48.5 Å². The predicted molar refractivity (Wildman–Crippen MR) is 140 cm³/mol. The van der Waals surface area contributed by atoms with E-state index >= 15 is 0 Å². The van der Waals surface area contributed by atoms with E-state index in [-0.39, 0.29) is 24.9 Å². The molecule has 5 rings (SSSR count). The van der Waals surface area contributed by atoms with Crippen LogP contribution in [0.15, 0.2) is 72.8 Å². The summed E-state index contributed by atoms with van der Waals surface area (Å²) >= 11 is 0. The van der Waals surface area contributed by atoms with E-state index in [2.05, 4.69) is 6.07 Å². The topological polar surface area (TPSA) is 75.9 Å². The minimum absolute atomic E-state index is 0.0620. The Labute approximate surface area is 223 Å². The van der Waals surface area contributed by atoms with Gasteiger partial charge in [0.15, 0.2) is 0 Å². The van der Waals surface area contributed by atoms with E-state index in [0.717, 1.165) is 33.9 Å². The lowest BCUT2D eigenvalue weighted by molar-refractivity contribution is -0.385. The molecule has 10 heteroatoms. The Morgan fingerprint density at radius 3 is 2.46 bits per heavy atom. The Balaban J connectivity index is 1.25. The van der Waals surface area contributed by atoms with Crippen LogP contribution in [0.5, 0.6) is 0 Å². The Hall–Kier alpha value is -4.34. The van der Waals surface area contributed by atoms with E-state index in [9.17, 15) is 28.1 Å². The number of benzene rings is 3. The highest BCUT2D eigenvalue weighted by molar-refractivity contribution is 5.72. The van der Waals surface area contributed by atoms with Gasteiger partial charge in [0.2, 0.25) is 0 Å². The van der Waals surface area contributed by atoms with Crippen molar-refractivity contribution in [2.45, 2.75) is 32.2 Å². The fourth-order valence-electron chi connectivity index (χ4n) is 5.01. The van der Waals surface area contributed by atoms with Crippen molar-refractivity contribution >= 4 is 23.0 Å². The van der Waals surface area contributed by atoms with Gasteiger partial charge in [-0.25, -0.2) is 4.79 Å². The van der Waals surface area contributed by atoms with Crippen molar-refractivity contribution < 1.29 is 27.6 Å². The lowest BCUT2D eigenvalue weighted by Crippen LogP contribution is -2.36. The minimum Gasteiger partial charge on any atom is -0.445 e. The van der Waals surface area contributed by atoms with Crippen LogP contribution in [-0.2, 0) is 30.5 Å². The number of nitro groups is 1. The molecular weight excluding hydrogens is 511 g/mol. The lowest BCUT2D eigenvalue weighted by atomic mass is 9.92. The number of alkyl halides is 3. The van der Waals surface area contributed by atoms with Gasteiger partial charge in [-0.3, -0.25) is 10.1 Å². The summed E-state index contributed by atoms with van der Waals surface area (Å²) < 4.78 is 46.4. The molecule has 202 valence electrons. The SMILES string of the molecule is O=C(OCc1ccccc1)N1CCc2cc(C3=CCN(c4ccc([N+](=O)[O-])cc4C(F)(F)F)CC3)ccc2C1.